The van der Waals surface area contributed by atoms with Crippen molar-refractivity contribution in [3.63, 3.8) is 0 Å². The van der Waals surface area contributed by atoms with Gasteiger partial charge in [0.2, 0.25) is 0 Å². The second kappa shape index (κ2) is 10.5. The van der Waals surface area contributed by atoms with Crippen molar-refractivity contribution in [3.8, 4) is 0 Å². The Bertz CT molecular complexity index is 340. The van der Waals surface area contributed by atoms with Crippen LogP contribution in [0.5, 0.6) is 0 Å². The molecule has 6 nitrogen and oxygen atoms in total. The molecule has 0 unspecified atom stereocenters. The summed E-state index contributed by atoms with van der Waals surface area (Å²) < 4.78 is 32.0. The molecule has 0 fully saturated rings. The molecular formula is C14H34N2O4S. The molecule has 0 rings (SSSR count). The molecule has 0 bridgehead atoms. The molecule has 0 aromatic heterocycles. The van der Waals surface area contributed by atoms with E-state index in [4.69, 9.17) is 5.11 Å². The van der Waals surface area contributed by atoms with E-state index in [2.05, 4.69) is 53.7 Å². The van der Waals surface area contributed by atoms with E-state index in [1.807, 2.05) is 0 Å². The highest BCUT2D eigenvalue weighted by molar-refractivity contribution is 7.85. The molecule has 0 saturated carbocycles. The topological polar surface area (TPSA) is 80.7 Å². The second-order valence-electron chi connectivity index (χ2n) is 6.78. The molecule has 0 atom stereocenters. The lowest BCUT2D eigenvalue weighted by atomic mass is 10.2. The number of aliphatic hydroxyl groups is 1. The van der Waals surface area contributed by atoms with E-state index in [0.29, 0.717) is 25.0 Å². The van der Waals surface area contributed by atoms with Crippen LogP contribution in [0, 0.1) is 0 Å². The molecule has 7 heteroatoms. The van der Waals surface area contributed by atoms with Gasteiger partial charge in [-0.3, -0.25) is 4.90 Å². The van der Waals surface area contributed by atoms with Crippen molar-refractivity contribution in [2.75, 3.05) is 46.6 Å². The number of quaternary nitrogens is 1. The van der Waals surface area contributed by atoms with Crippen LogP contribution in [0.15, 0.2) is 0 Å². The van der Waals surface area contributed by atoms with E-state index in [1.54, 1.807) is 0 Å². The van der Waals surface area contributed by atoms with Gasteiger partial charge in [0.05, 0.1) is 37.9 Å². The van der Waals surface area contributed by atoms with Crippen molar-refractivity contribution in [1.29, 1.82) is 0 Å². The zero-order valence-electron chi connectivity index (χ0n) is 14.7. The molecule has 0 aromatic rings. The lowest BCUT2D eigenvalue weighted by molar-refractivity contribution is -0.870. The van der Waals surface area contributed by atoms with Crippen LogP contribution in [-0.4, -0.2) is 86.1 Å². The SMILES string of the molecule is CC(C)N(CCCS(=O)(=O)[O-])C(C)C.C[N+](C)(C)CCO. The number of likely N-dealkylation sites (N-methyl/N-ethyl adjacent to an activating group) is 1. The van der Waals surface area contributed by atoms with E-state index in [1.165, 1.54) is 0 Å². The lowest BCUT2D eigenvalue weighted by Crippen LogP contribution is -2.38. The Labute approximate surface area is 131 Å². The summed E-state index contributed by atoms with van der Waals surface area (Å²) in [6, 6.07) is 0.758. The Morgan fingerprint density at radius 1 is 1.10 bits per heavy atom. The standard InChI is InChI=1S/C9H21NO3S.C5H14NO/c1-8(2)10(9(3)4)6-5-7-14(11,12)13;1-6(2,3)4-5-7/h8-9H,5-7H2,1-4H3,(H,11,12,13);7H,4-5H2,1-3H3/q;+1/p-1. The minimum absolute atomic E-state index is 0.261. The largest absolute Gasteiger partial charge is 0.748 e. The first kappa shape index (κ1) is 23.1. The van der Waals surface area contributed by atoms with E-state index in [0.717, 1.165) is 11.0 Å². The van der Waals surface area contributed by atoms with Gasteiger partial charge in [-0.2, -0.15) is 0 Å². The van der Waals surface area contributed by atoms with E-state index >= 15 is 0 Å². The predicted octanol–water partition coefficient (Wildman–Crippen LogP) is 0.725. The first-order chi connectivity index (χ1) is 9.30. The number of aliphatic hydroxyl groups excluding tert-OH is 1. The van der Waals surface area contributed by atoms with Crippen molar-refractivity contribution in [3.05, 3.63) is 0 Å². The van der Waals surface area contributed by atoms with Gasteiger partial charge in [-0.1, -0.05) is 0 Å². The molecule has 130 valence electrons. The van der Waals surface area contributed by atoms with Gasteiger partial charge in [0.15, 0.2) is 0 Å². The van der Waals surface area contributed by atoms with E-state index < -0.39 is 10.1 Å². The molecule has 21 heavy (non-hydrogen) atoms. The van der Waals surface area contributed by atoms with Crippen molar-refractivity contribution in [2.24, 2.45) is 0 Å². The predicted molar refractivity (Wildman–Crippen MR) is 86.1 cm³/mol. The zero-order chi connectivity index (χ0) is 17.3. The second-order valence-corrected chi connectivity index (χ2v) is 8.30. The zero-order valence-corrected chi connectivity index (χ0v) is 15.5. The maximum atomic E-state index is 10.4. The summed E-state index contributed by atoms with van der Waals surface area (Å²) in [6.45, 7) is 10.0. The molecule has 0 aromatic carbocycles. The Morgan fingerprint density at radius 3 is 1.71 bits per heavy atom. The van der Waals surface area contributed by atoms with Crippen LogP contribution in [0.1, 0.15) is 34.1 Å². The minimum atomic E-state index is -4.05. The average Bonchev–Trinajstić information content (AvgIpc) is 2.20. The van der Waals surface area contributed by atoms with Crippen molar-refractivity contribution in [2.45, 2.75) is 46.2 Å². The Balaban J connectivity index is 0. The van der Waals surface area contributed by atoms with Crippen molar-refractivity contribution >= 4 is 10.1 Å². The Morgan fingerprint density at radius 2 is 1.52 bits per heavy atom. The van der Waals surface area contributed by atoms with Crippen molar-refractivity contribution < 1.29 is 22.6 Å². The number of rotatable bonds is 8. The van der Waals surface area contributed by atoms with Gasteiger partial charge >= 0.3 is 0 Å². The van der Waals surface area contributed by atoms with E-state index in [-0.39, 0.29) is 12.4 Å². The van der Waals surface area contributed by atoms with Gasteiger partial charge in [0, 0.05) is 17.8 Å². The van der Waals surface area contributed by atoms with Gasteiger partial charge < -0.3 is 14.1 Å². The first-order valence-corrected chi connectivity index (χ1v) is 8.98. The molecule has 0 radical (unpaired) electrons. The molecule has 0 aliphatic heterocycles. The third kappa shape index (κ3) is 17.7. The number of hydrogen-bond donors (Lipinski definition) is 1. The highest BCUT2D eigenvalue weighted by Crippen LogP contribution is 2.06. The summed E-state index contributed by atoms with van der Waals surface area (Å²) in [4.78, 5) is 2.17. The minimum Gasteiger partial charge on any atom is -0.748 e. The fourth-order valence-electron chi connectivity index (χ4n) is 1.84. The third-order valence-electron chi connectivity index (χ3n) is 2.91. The first-order valence-electron chi connectivity index (χ1n) is 7.40. The summed E-state index contributed by atoms with van der Waals surface area (Å²) in [6.07, 6.45) is 0.419. The van der Waals surface area contributed by atoms with Gasteiger partial charge in [0.1, 0.15) is 6.54 Å². The van der Waals surface area contributed by atoms with Gasteiger partial charge in [-0.05, 0) is 40.7 Å². The maximum absolute atomic E-state index is 10.4. The smallest absolute Gasteiger partial charge is 0.101 e. The van der Waals surface area contributed by atoms with Crippen LogP contribution in [0.2, 0.25) is 0 Å². The summed E-state index contributed by atoms with van der Waals surface area (Å²) in [5.74, 6) is -0.261. The quantitative estimate of drug-likeness (QED) is 0.525. The van der Waals surface area contributed by atoms with Gasteiger partial charge in [0.25, 0.3) is 0 Å². The monoisotopic (exact) mass is 326 g/mol. The molecule has 0 spiro atoms. The summed E-state index contributed by atoms with van der Waals surface area (Å²) in [7, 11) is 2.11. The van der Waals surface area contributed by atoms with Crippen LogP contribution < -0.4 is 0 Å². The molecule has 0 heterocycles. The third-order valence-corrected chi connectivity index (χ3v) is 3.70. The highest BCUT2D eigenvalue weighted by Gasteiger charge is 2.12. The molecule has 0 aliphatic carbocycles. The average molecular weight is 327 g/mol. The molecule has 0 saturated heterocycles. The normalized spacial score (nSPS) is 12.8. The van der Waals surface area contributed by atoms with Crippen molar-refractivity contribution in [1.82, 2.24) is 4.90 Å². The van der Waals surface area contributed by atoms with Crippen LogP contribution >= 0.6 is 0 Å². The number of hydrogen-bond acceptors (Lipinski definition) is 5. The highest BCUT2D eigenvalue weighted by atomic mass is 32.2. The number of nitrogens with zero attached hydrogens (tertiary/aromatic N) is 2. The summed E-state index contributed by atoms with van der Waals surface area (Å²) >= 11 is 0. The Hall–Kier alpha value is -0.210. The fraction of sp³-hybridized carbons (Fsp3) is 1.00. The van der Waals surface area contributed by atoms with Crippen LogP contribution in [0.3, 0.4) is 0 Å². The van der Waals surface area contributed by atoms with E-state index in [9.17, 15) is 13.0 Å². The lowest BCUT2D eigenvalue weighted by Gasteiger charge is -2.30. The van der Waals surface area contributed by atoms with Crippen LogP contribution in [0.25, 0.3) is 0 Å². The Kier molecular flexibility index (Phi) is 11.5. The molecular weight excluding hydrogens is 292 g/mol. The van der Waals surface area contributed by atoms with Crippen LogP contribution in [0.4, 0.5) is 0 Å². The summed E-state index contributed by atoms with van der Waals surface area (Å²) in [5.41, 5.74) is 0. The van der Waals surface area contributed by atoms with Gasteiger partial charge in [-0.15, -0.1) is 0 Å². The molecule has 0 aliphatic rings. The molecule has 1 N–H and O–H groups in total. The summed E-state index contributed by atoms with van der Waals surface area (Å²) in [5, 5.41) is 8.39. The maximum Gasteiger partial charge on any atom is 0.101 e. The van der Waals surface area contributed by atoms with Crippen LogP contribution in [-0.2, 0) is 10.1 Å². The van der Waals surface area contributed by atoms with Gasteiger partial charge in [-0.25, -0.2) is 8.42 Å². The fourth-order valence-corrected chi connectivity index (χ4v) is 2.32. The molecule has 0 amide bonds.